The molecule has 0 amide bonds. The molecule has 31 heavy (non-hydrogen) atoms. The quantitative estimate of drug-likeness (QED) is 0.388. The zero-order valence-corrected chi connectivity index (χ0v) is 16.2. The fourth-order valence-electron chi connectivity index (χ4n) is 3.89. The number of hydrogen-bond donors (Lipinski definition) is 3. The summed E-state index contributed by atoms with van der Waals surface area (Å²) < 4.78 is 0. The van der Waals surface area contributed by atoms with E-state index >= 15 is 0 Å². The average molecular weight is 404 g/mol. The van der Waals surface area contributed by atoms with Crippen molar-refractivity contribution in [2.75, 3.05) is 0 Å². The van der Waals surface area contributed by atoms with Gasteiger partial charge in [0.05, 0.1) is 34.8 Å². The van der Waals surface area contributed by atoms with Gasteiger partial charge in [0, 0.05) is 40.5 Å². The topological polar surface area (TPSA) is 103 Å². The smallest absolute Gasteiger partial charge is 0.134 e. The number of aromatic amines is 2. The molecule has 6 rings (SSSR count). The summed E-state index contributed by atoms with van der Waals surface area (Å²) in [5.74, 6) is 0.134. The van der Waals surface area contributed by atoms with Gasteiger partial charge in [0.25, 0.3) is 0 Å². The van der Waals surface area contributed by atoms with E-state index in [1.807, 2.05) is 48.8 Å². The van der Waals surface area contributed by atoms with Crippen LogP contribution in [-0.2, 0) is 0 Å². The van der Waals surface area contributed by atoms with Gasteiger partial charge < -0.3 is 10.1 Å². The Morgan fingerprint density at radius 2 is 1.71 bits per heavy atom. The number of aromatic nitrogens is 6. The molecule has 0 saturated carbocycles. The number of rotatable bonds is 3. The van der Waals surface area contributed by atoms with Gasteiger partial charge in [-0.2, -0.15) is 5.10 Å². The van der Waals surface area contributed by atoms with Gasteiger partial charge >= 0.3 is 0 Å². The molecule has 7 heteroatoms. The minimum absolute atomic E-state index is 0.134. The van der Waals surface area contributed by atoms with E-state index in [0.717, 1.165) is 55.6 Å². The van der Waals surface area contributed by atoms with Crippen molar-refractivity contribution in [3.63, 3.8) is 0 Å². The molecular formula is C24H16N6O. The van der Waals surface area contributed by atoms with Crippen molar-refractivity contribution in [2.45, 2.75) is 0 Å². The van der Waals surface area contributed by atoms with E-state index < -0.39 is 0 Å². The van der Waals surface area contributed by atoms with Crippen LogP contribution in [0.4, 0.5) is 0 Å². The molecule has 1 aromatic carbocycles. The molecule has 5 heterocycles. The molecular weight excluding hydrogens is 388 g/mol. The summed E-state index contributed by atoms with van der Waals surface area (Å²) in [4.78, 5) is 16.4. The number of benzene rings is 1. The number of hydrogen-bond acceptors (Lipinski definition) is 5. The molecule has 6 aromatic rings. The molecule has 0 aliphatic heterocycles. The van der Waals surface area contributed by atoms with E-state index in [-0.39, 0.29) is 5.75 Å². The SMILES string of the molecule is Oc1cncc(-c2ccc3[nH]nc(-c4cc5c(-c6ccccn6)cncc5[nH]4)c3c2)c1. The zero-order chi connectivity index (χ0) is 20.8. The van der Waals surface area contributed by atoms with Crippen LogP contribution in [0.2, 0.25) is 0 Å². The van der Waals surface area contributed by atoms with Crippen molar-refractivity contribution in [3.05, 3.63) is 79.5 Å². The molecule has 5 aromatic heterocycles. The van der Waals surface area contributed by atoms with Crippen LogP contribution >= 0.6 is 0 Å². The minimum atomic E-state index is 0.134. The lowest BCUT2D eigenvalue weighted by Gasteiger charge is -2.02. The van der Waals surface area contributed by atoms with E-state index in [9.17, 15) is 5.11 Å². The van der Waals surface area contributed by atoms with Gasteiger partial charge in [0.1, 0.15) is 11.4 Å². The van der Waals surface area contributed by atoms with E-state index in [1.54, 1.807) is 18.5 Å². The third-order valence-electron chi connectivity index (χ3n) is 5.36. The van der Waals surface area contributed by atoms with Crippen LogP contribution in [-0.4, -0.2) is 35.2 Å². The summed E-state index contributed by atoms with van der Waals surface area (Å²) in [5.41, 5.74) is 7.17. The van der Waals surface area contributed by atoms with Crippen molar-refractivity contribution in [2.24, 2.45) is 0 Å². The molecule has 7 nitrogen and oxygen atoms in total. The molecule has 3 N–H and O–H groups in total. The molecule has 0 bridgehead atoms. The highest BCUT2D eigenvalue weighted by Crippen LogP contribution is 2.34. The van der Waals surface area contributed by atoms with Crippen molar-refractivity contribution in [1.82, 2.24) is 30.1 Å². The lowest BCUT2D eigenvalue weighted by molar-refractivity contribution is 0.473. The first-order valence-electron chi connectivity index (χ1n) is 9.77. The lowest BCUT2D eigenvalue weighted by atomic mass is 10.0. The number of nitrogens with one attached hydrogen (secondary N) is 2. The number of nitrogens with zero attached hydrogens (tertiary/aromatic N) is 4. The Labute approximate surface area is 176 Å². The Hall–Kier alpha value is -4.52. The number of pyridine rings is 3. The first-order valence-corrected chi connectivity index (χ1v) is 9.77. The molecule has 148 valence electrons. The van der Waals surface area contributed by atoms with E-state index in [2.05, 4.69) is 36.2 Å². The second-order valence-corrected chi connectivity index (χ2v) is 7.31. The van der Waals surface area contributed by atoms with Gasteiger partial charge in [-0.15, -0.1) is 0 Å². The Kier molecular flexibility index (Phi) is 3.79. The summed E-state index contributed by atoms with van der Waals surface area (Å²) in [5, 5.41) is 19.5. The van der Waals surface area contributed by atoms with Gasteiger partial charge in [-0.1, -0.05) is 12.1 Å². The first kappa shape index (κ1) is 17.3. The first-order chi connectivity index (χ1) is 15.3. The summed E-state index contributed by atoms with van der Waals surface area (Å²) in [6.45, 7) is 0. The Balaban J connectivity index is 1.51. The van der Waals surface area contributed by atoms with E-state index in [4.69, 9.17) is 0 Å². The van der Waals surface area contributed by atoms with Gasteiger partial charge in [-0.05, 0) is 42.0 Å². The predicted octanol–water partition coefficient (Wildman–Crippen LogP) is 4.94. The van der Waals surface area contributed by atoms with Gasteiger partial charge in [0.2, 0.25) is 0 Å². The fraction of sp³-hybridized carbons (Fsp3) is 0. The van der Waals surface area contributed by atoms with E-state index in [1.165, 1.54) is 6.20 Å². The van der Waals surface area contributed by atoms with Crippen LogP contribution in [0.3, 0.4) is 0 Å². The summed E-state index contributed by atoms with van der Waals surface area (Å²) in [7, 11) is 0. The number of aromatic hydroxyl groups is 1. The van der Waals surface area contributed by atoms with Crippen LogP contribution in [0, 0.1) is 0 Å². The zero-order valence-electron chi connectivity index (χ0n) is 16.2. The van der Waals surface area contributed by atoms with Crippen molar-refractivity contribution < 1.29 is 5.11 Å². The summed E-state index contributed by atoms with van der Waals surface area (Å²) in [6.07, 6.45) is 8.57. The maximum absolute atomic E-state index is 9.78. The maximum Gasteiger partial charge on any atom is 0.134 e. The van der Waals surface area contributed by atoms with Crippen molar-refractivity contribution in [1.29, 1.82) is 0 Å². The molecule has 0 aliphatic rings. The normalized spacial score (nSPS) is 11.4. The van der Waals surface area contributed by atoms with Gasteiger partial charge in [0.15, 0.2) is 0 Å². The predicted molar refractivity (Wildman–Crippen MR) is 119 cm³/mol. The molecule has 0 saturated heterocycles. The van der Waals surface area contributed by atoms with Crippen molar-refractivity contribution in [3.8, 4) is 39.5 Å². The highest BCUT2D eigenvalue weighted by atomic mass is 16.3. The van der Waals surface area contributed by atoms with Crippen LogP contribution in [0.5, 0.6) is 5.75 Å². The van der Waals surface area contributed by atoms with Crippen molar-refractivity contribution >= 4 is 21.8 Å². The second kappa shape index (κ2) is 6.77. The Bertz CT molecular complexity index is 1550. The lowest BCUT2D eigenvalue weighted by Crippen LogP contribution is -1.84. The van der Waals surface area contributed by atoms with Gasteiger partial charge in [-0.25, -0.2) is 0 Å². The van der Waals surface area contributed by atoms with Gasteiger partial charge in [-0.3, -0.25) is 20.1 Å². The maximum atomic E-state index is 9.78. The molecule has 0 radical (unpaired) electrons. The molecule has 0 spiro atoms. The third kappa shape index (κ3) is 2.91. The number of fused-ring (bicyclic) bond motifs is 2. The molecule has 0 aliphatic carbocycles. The second-order valence-electron chi connectivity index (χ2n) is 7.31. The Morgan fingerprint density at radius 1 is 0.774 bits per heavy atom. The third-order valence-corrected chi connectivity index (χ3v) is 5.36. The molecule has 0 fully saturated rings. The van der Waals surface area contributed by atoms with E-state index in [0.29, 0.717) is 0 Å². The molecule has 0 unspecified atom stereocenters. The summed E-state index contributed by atoms with van der Waals surface area (Å²) >= 11 is 0. The van der Waals surface area contributed by atoms with Crippen LogP contribution in [0.1, 0.15) is 0 Å². The van der Waals surface area contributed by atoms with Crippen LogP contribution < -0.4 is 0 Å². The Morgan fingerprint density at radius 3 is 2.58 bits per heavy atom. The fourth-order valence-corrected chi connectivity index (χ4v) is 3.89. The monoisotopic (exact) mass is 404 g/mol. The standard InChI is InChI=1S/C24H16N6O/c31-16-7-15(10-25-11-16)14-4-5-21-18(8-14)24(30-29-21)22-9-17-19(12-26-13-23(17)28-22)20-3-1-2-6-27-20/h1-13,28,31H,(H,29,30). The highest BCUT2D eigenvalue weighted by molar-refractivity contribution is 6.01. The average Bonchev–Trinajstić information content (AvgIpc) is 3.43. The minimum Gasteiger partial charge on any atom is -0.506 e. The van der Waals surface area contributed by atoms with Crippen LogP contribution in [0.15, 0.2) is 79.5 Å². The number of H-pyrrole nitrogens is 2. The largest absolute Gasteiger partial charge is 0.506 e. The molecule has 0 atom stereocenters. The summed E-state index contributed by atoms with van der Waals surface area (Å²) in [6, 6.07) is 15.6. The van der Waals surface area contributed by atoms with Crippen LogP contribution in [0.25, 0.3) is 55.6 Å². The highest BCUT2D eigenvalue weighted by Gasteiger charge is 2.15.